The first-order chi connectivity index (χ1) is 9.15. The van der Waals surface area contributed by atoms with Crippen LogP contribution >= 0.6 is 23.1 Å². The minimum absolute atomic E-state index is 0.422. The lowest BCUT2D eigenvalue weighted by atomic mass is 10.0. The molecule has 100 valence electrons. The molecule has 0 saturated heterocycles. The average molecular weight is 302 g/mol. The summed E-state index contributed by atoms with van der Waals surface area (Å²) < 4.78 is 31.4. The van der Waals surface area contributed by atoms with Gasteiger partial charge < -0.3 is 4.90 Å². The van der Waals surface area contributed by atoms with Gasteiger partial charge in [-0.2, -0.15) is 0 Å². The number of hydrogen-bond acceptors (Lipinski definition) is 4. The predicted molar refractivity (Wildman–Crippen MR) is 70.6 cm³/mol. The van der Waals surface area contributed by atoms with Gasteiger partial charge in [0.25, 0.3) is 0 Å². The maximum atomic E-state index is 13.7. The molecule has 1 aliphatic heterocycles. The van der Waals surface area contributed by atoms with E-state index < -0.39 is 11.6 Å². The molecule has 0 bridgehead atoms. The highest BCUT2D eigenvalue weighted by Gasteiger charge is 2.22. The maximum Gasteiger partial charge on any atom is 0.139 e. The van der Waals surface area contributed by atoms with Crippen molar-refractivity contribution in [1.82, 2.24) is 9.59 Å². The van der Waals surface area contributed by atoms with Gasteiger partial charge in [0, 0.05) is 35.4 Å². The van der Waals surface area contributed by atoms with E-state index in [2.05, 4.69) is 9.59 Å². The molecule has 1 aliphatic rings. The highest BCUT2D eigenvalue weighted by Crippen LogP contribution is 2.32. The molecule has 0 fully saturated rings. The Balaban J connectivity index is 1.96. The van der Waals surface area contributed by atoms with Gasteiger partial charge in [0.1, 0.15) is 21.7 Å². The van der Waals surface area contributed by atoms with Crippen molar-refractivity contribution >= 4 is 28.8 Å². The van der Waals surface area contributed by atoms with Gasteiger partial charge in [-0.25, -0.2) is 8.78 Å². The lowest BCUT2D eigenvalue weighted by Gasteiger charge is -2.31. The number of rotatable bonds is 2. The van der Waals surface area contributed by atoms with Crippen LogP contribution in [0.4, 0.5) is 14.5 Å². The summed E-state index contributed by atoms with van der Waals surface area (Å²) in [6.45, 7) is 1.15. The van der Waals surface area contributed by atoms with Gasteiger partial charge in [0.15, 0.2) is 0 Å². The smallest absolute Gasteiger partial charge is 0.139 e. The molecule has 7 heteroatoms. The third-order valence-corrected chi connectivity index (χ3v) is 4.17. The Hall–Kier alpha value is -1.27. The molecular weight excluding hydrogens is 292 g/mol. The molecule has 0 atom stereocenters. The van der Waals surface area contributed by atoms with Gasteiger partial charge in [-0.15, -0.1) is 5.10 Å². The summed E-state index contributed by atoms with van der Waals surface area (Å²) in [5.41, 5.74) is 1.80. The van der Waals surface area contributed by atoms with Crippen LogP contribution < -0.4 is 4.90 Å². The molecule has 0 unspecified atom stereocenters. The van der Waals surface area contributed by atoms with Crippen molar-refractivity contribution < 1.29 is 8.78 Å². The minimum atomic E-state index is -0.564. The Morgan fingerprint density at radius 2 is 2.21 bits per heavy atom. The van der Waals surface area contributed by atoms with E-state index in [1.165, 1.54) is 6.07 Å². The lowest BCUT2D eigenvalue weighted by molar-refractivity contribution is 0.555. The Morgan fingerprint density at radius 1 is 1.37 bits per heavy atom. The molecule has 0 radical (unpaired) electrons. The quantitative estimate of drug-likeness (QED) is 0.851. The standard InChI is InChI=1S/C12H10ClF2N3S/c13-12-10(16-17-19-12)6-18-3-1-2-8-9(15)4-7(14)5-11(8)18/h4-5H,1-3,6H2. The SMILES string of the molecule is Fc1cc(F)c2c(c1)N(Cc1nnsc1Cl)CCC2. The van der Waals surface area contributed by atoms with Crippen LogP contribution in [-0.4, -0.2) is 16.1 Å². The third-order valence-electron chi connectivity index (χ3n) is 3.18. The van der Waals surface area contributed by atoms with Gasteiger partial charge in [0.2, 0.25) is 0 Å². The molecule has 1 aromatic heterocycles. The van der Waals surface area contributed by atoms with Gasteiger partial charge in [-0.05, 0) is 18.9 Å². The number of anilines is 1. The fourth-order valence-electron chi connectivity index (χ4n) is 2.32. The molecule has 0 aliphatic carbocycles. The summed E-state index contributed by atoms with van der Waals surface area (Å²) in [6.07, 6.45) is 1.45. The van der Waals surface area contributed by atoms with Crippen LogP contribution in [0, 0.1) is 11.6 Å². The largest absolute Gasteiger partial charge is 0.365 e. The fraction of sp³-hybridized carbons (Fsp3) is 0.333. The van der Waals surface area contributed by atoms with E-state index in [4.69, 9.17) is 11.6 Å². The molecule has 1 aromatic carbocycles. The number of hydrogen-bond donors (Lipinski definition) is 0. The molecule has 19 heavy (non-hydrogen) atoms. The van der Waals surface area contributed by atoms with Crippen LogP contribution in [0.1, 0.15) is 17.7 Å². The van der Waals surface area contributed by atoms with E-state index >= 15 is 0 Å². The molecule has 3 nitrogen and oxygen atoms in total. The summed E-state index contributed by atoms with van der Waals surface area (Å²) in [4.78, 5) is 1.90. The second-order valence-corrected chi connectivity index (χ2v) is 5.76. The zero-order chi connectivity index (χ0) is 13.4. The van der Waals surface area contributed by atoms with Crippen molar-refractivity contribution in [2.24, 2.45) is 0 Å². The van der Waals surface area contributed by atoms with E-state index in [9.17, 15) is 8.78 Å². The van der Waals surface area contributed by atoms with Crippen molar-refractivity contribution in [2.45, 2.75) is 19.4 Å². The molecule has 3 rings (SSSR count). The van der Waals surface area contributed by atoms with E-state index in [-0.39, 0.29) is 0 Å². The molecule has 0 spiro atoms. The van der Waals surface area contributed by atoms with Crippen LogP contribution in [0.5, 0.6) is 0 Å². The summed E-state index contributed by atoms with van der Waals surface area (Å²) in [5.74, 6) is -1.05. The first-order valence-corrected chi connectivity index (χ1v) is 7.00. The van der Waals surface area contributed by atoms with E-state index in [0.29, 0.717) is 34.2 Å². The van der Waals surface area contributed by atoms with E-state index in [0.717, 1.165) is 30.6 Å². The van der Waals surface area contributed by atoms with Crippen molar-refractivity contribution in [3.63, 3.8) is 0 Å². The van der Waals surface area contributed by atoms with Gasteiger partial charge in [-0.3, -0.25) is 0 Å². The third kappa shape index (κ3) is 2.42. The Bertz CT molecular complexity index is 617. The first-order valence-electron chi connectivity index (χ1n) is 5.85. The average Bonchev–Trinajstić information content (AvgIpc) is 2.76. The lowest BCUT2D eigenvalue weighted by Crippen LogP contribution is -2.29. The van der Waals surface area contributed by atoms with E-state index in [1.54, 1.807) is 0 Å². The topological polar surface area (TPSA) is 29.0 Å². The Morgan fingerprint density at radius 3 is 2.95 bits per heavy atom. The second kappa shape index (κ2) is 5.02. The zero-order valence-electron chi connectivity index (χ0n) is 9.87. The normalized spacial score (nSPS) is 14.6. The number of halogens is 3. The minimum Gasteiger partial charge on any atom is -0.365 e. The van der Waals surface area contributed by atoms with Crippen molar-refractivity contribution in [2.75, 3.05) is 11.4 Å². The molecule has 0 N–H and O–H groups in total. The fourth-order valence-corrected chi connectivity index (χ4v) is 2.93. The molecule has 0 amide bonds. The highest BCUT2D eigenvalue weighted by atomic mass is 35.5. The summed E-state index contributed by atoms with van der Waals surface area (Å²) in [7, 11) is 0. The van der Waals surface area contributed by atoms with Gasteiger partial charge in [0.05, 0.1) is 6.54 Å². The molecular formula is C12H10ClF2N3S. The van der Waals surface area contributed by atoms with Crippen LogP contribution in [0.3, 0.4) is 0 Å². The summed E-state index contributed by atoms with van der Waals surface area (Å²) in [5, 5.41) is 3.94. The van der Waals surface area contributed by atoms with Crippen molar-refractivity contribution in [3.8, 4) is 0 Å². The zero-order valence-corrected chi connectivity index (χ0v) is 11.4. The monoisotopic (exact) mass is 301 g/mol. The van der Waals surface area contributed by atoms with Gasteiger partial charge >= 0.3 is 0 Å². The van der Waals surface area contributed by atoms with Crippen LogP contribution in [-0.2, 0) is 13.0 Å². The number of aromatic nitrogens is 2. The highest BCUT2D eigenvalue weighted by molar-refractivity contribution is 7.10. The van der Waals surface area contributed by atoms with Gasteiger partial charge in [-0.1, -0.05) is 16.1 Å². The van der Waals surface area contributed by atoms with Crippen LogP contribution in [0.15, 0.2) is 12.1 Å². The van der Waals surface area contributed by atoms with Crippen LogP contribution in [0.2, 0.25) is 4.34 Å². The van der Waals surface area contributed by atoms with E-state index in [1.807, 2.05) is 4.90 Å². The number of benzene rings is 1. The Labute approximate surface area is 118 Å². The van der Waals surface area contributed by atoms with Crippen molar-refractivity contribution in [3.05, 3.63) is 39.4 Å². The Kier molecular flexibility index (Phi) is 3.36. The predicted octanol–water partition coefficient (Wildman–Crippen LogP) is 3.42. The van der Waals surface area contributed by atoms with Crippen LogP contribution in [0.25, 0.3) is 0 Å². The number of nitrogens with zero attached hydrogens (tertiary/aromatic N) is 3. The first kappa shape index (κ1) is 12.7. The molecule has 0 saturated carbocycles. The maximum absolute atomic E-state index is 13.7. The number of fused-ring (bicyclic) bond motifs is 1. The molecule has 2 aromatic rings. The summed E-state index contributed by atoms with van der Waals surface area (Å²) in [6, 6.07) is 2.30. The summed E-state index contributed by atoms with van der Waals surface area (Å²) >= 11 is 7.08. The molecule has 2 heterocycles. The van der Waals surface area contributed by atoms with Crippen molar-refractivity contribution in [1.29, 1.82) is 0 Å². The second-order valence-electron chi connectivity index (χ2n) is 4.40.